The van der Waals surface area contributed by atoms with Crippen LogP contribution in [0.3, 0.4) is 0 Å². The van der Waals surface area contributed by atoms with Crippen molar-refractivity contribution in [3.63, 3.8) is 0 Å². The van der Waals surface area contributed by atoms with E-state index in [2.05, 4.69) is 52.3 Å². The molecule has 2 aliphatic rings. The predicted molar refractivity (Wildman–Crippen MR) is 180 cm³/mol. The molecule has 0 bridgehead atoms. The first-order chi connectivity index (χ1) is 21.6. The number of carbonyl (C=O) groups excluding carboxylic acids is 2. The summed E-state index contributed by atoms with van der Waals surface area (Å²) in [7, 11) is 3.86. The Morgan fingerprint density at radius 1 is 0.956 bits per heavy atom. The first-order valence-electron chi connectivity index (χ1n) is 15.8. The van der Waals surface area contributed by atoms with Crippen LogP contribution in [-0.2, 0) is 10.2 Å². The van der Waals surface area contributed by atoms with Crippen LogP contribution in [0.5, 0.6) is 0 Å². The fourth-order valence-electron chi connectivity index (χ4n) is 6.24. The molecule has 45 heavy (non-hydrogen) atoms. The molecule has 2 unspecified atom stereocenters. The van der Waals surface area contributed by atoms with Gasteiger partial charge in [0.05, 0.1) is 0 Å². The van der Waals surface area contributed by atoms with Gasteiger partial charge in [-0.05, 0) is 72.8 Å². The van der Waals surface area contributed by atoms with Gasteiger partial charge in [-0.1, -0.05) is 51.1 Å². The SMILES string of the molecule is CN1CCN(C)C(c2ccc(Nc3nc(N4CCCC(NC(=O)c5ccc(C(C)(C)C)cc5)C4)cc4cccnc34)cc2)C1=O. The molecule has 2 atom stereocenters. The van der Waals surface area contributed by atoms with E-state index in [9.17, 15) is 9.59 Å². The first kappa shape index (κ1) is 30.5. The molecule has 0 spiro atoms. The summed E-state index contributed by atoms with van der Waals surface area (Å²) in [5.41, 5.74) is 4.56. The number of nitrogens with zero attached hydrogens (tertiary/aromatic N) is 5. The van der Waals surface area contributed by atoms with Crippen LogP contribution >= 0.6 is 0 Å². The first-order valence-corrected chi connectivity index (χ1v) is 15.8. The number of anilines is 3. The van der Waals surface area contributed by atoms with Crippen molar-refractivity contribution in [1.82, 2.24) is 25.1 Å². The summed E-state index contributed by atoms with van der Waals surface area (Å²) >= 11 is 0. The number of piperazine rings is 1. The zero-order chi connectivity index (χ0) is 31.7. The van der Waals surface area contributed by atoms with Gasteiger partial charge < -0.3 is 20.4 Å². The van der Waals surface area contributed by atoms with Crippen molar-refractivity contribution < 1.29 is 9.59 Å². The van der Waals surface area contributed by atoms with Crippen molar-refractivity contribution in [2.75, 3.05) is 50.5 Å². The van der Waals surface area contributed by atoms with E-state index in [-0.39, 0.29) is 29.3 Å². The Balaban J connectivity index is 1.19. The summed E-state index contributed by atoms with van der Waals surface area (Å²) < 4.78 is 0. The van der Waals surface area contributed by atoms with Gasteiger partial charge in [0, 0.05) is 62.1 Å². The van der Waals surface area contributed by atoms with Gasteiger partial charge in [0.25, 0.3) is 5.91 Å². The average molecular weight is 606 g/mol. The van der Waals surface area contributed by atoms with Gasteiger partial charge in [0.2, 0.25) is 5.91 Å². The molecule has 2 N–H and O–H groups in total. The van der Waals surface area contributed by atoms with Crippen molar-refractivity contribution >= 4 is 40.0 Å². The molecule has 4 heterocycles. The Labute approximate surface area is 265 Å². The van der Waals surface area contributed by atoms with E-state index in [0.29, 0.717) is 17.9 Å². The minimum Gasteiger partial charge on any atom is -0.354 e. The molecule has 0 saturated carbocycles. The topological polar surface area (TPSA) is 93.7 Å². The van der Waals surface area contributed by atoms with E-state index in [1.165, 1.54) is 5.56 Å². The summed E-state index contributed by atoms with van der Waals surface area (Å²) in [5, 5.41) is 7.74. The summed E-state index contributed by atoms with van der Waals surface area (Å²) in [6.45, 7) is 9.63. The highest BCUT2D eigenvalue weighted by molar-refractivity contribution is 5.95. The number of hydrogen-bond acceptors (Lipinski definition) is 7. The molecule has 2 saturated heterocycles. The lowest BCUT2D eigenvalue weighted by Crippen LogP contribution is -2.48. The molecule has 2 aliphatic heterocycles. The number of rotatable bonds is 6. The number of carbonyl (C=O) groups is 2. The lowest BCUT2D eigenvalue weighted by molar-refractivity contribution is -0.139. The Morgan fingerprint density at radius 3 is 2.44 bits per heavy atom. The van der Waals surface area contributed by atoms with Gasteiger partial charge in [-0.25, -0.2) is 4.98 Å². The van der Waals surface area contributed by atoms with Crippen molar-refractivity contribution in [3.8, 4) is 0 Å². The lowest BCUT2D eigenvalue weighted by atomic mass is 9.86. The van der Waals surface area contributed by atoms with Crippen LogP contribution in [0.1, 0.15) is 61.1 Å². The quantitative estimate of drug-likeness (QED) is 0.299. The predicted octanol–water partition coefficient (Wildman–Crippen LogP) is 5.51. The van der Waals surface area contributed by atoms with E-state index in [1.54, 1.807) is 11.1 Å². The molecular weight excluding hydrogens is 562 g/mol. The third kappa shape index (κ3) is 6.63. The zero-order valence-corrected chi connectivity index (χ0v) is 26.9. The molecule has 0 radical (unpaired) electrons. The molecule has 2 aromatic carbocycles. The highest BCUT2D eigenvalue weighted by Gasteiger charge is 2.32. The van der Waals surface area contributed by atoms with Crippen molar-refractivity contribution in [1.29, 1.82) is 0 Å². The van der Waals surface area contributed by atoms with Crippen LogP contribution in [0.25, 0.3) is 10.9 Å². The molecule has 2 amide bonds. The van der Waals surface area contributed by atoms with Crippen LogP contribution in [-0.4, -0.2) is 77.9 Å². The third-order valence-corrected chi connectivity index (χ3v) is 9.00. The zero-order valence-electron chi connectivity index (χ0n) is 26.9. The van der Waals surface area contributed by atoms with Crippen LogP contribution < -0.4 is 15.5 Å². The fourth-order valence-corrected chi connectivity index (χ4v) is 6.24. The Kier molecular flexibility index (Phi) is 8.46. The minimum absolute atomic E-state index is 0.0172. The van der Waals surface area contributed by atoms with Gasteiger partial charge >= 0.3 is 0 Å². The largest absolute Gasteiger partial charge is 0.354 e. The number of hydrogen-bond donors (Lipinski definition) is 2. The lowest BCUT2D eigenvalue weighted by Gasteiger charge is -2.37. The molecule has 6 rings (SSSR count). The normalized spacial score (nSPS) is 19.5. The van der Waals surface area contributed by atoms with E-state index < -0.39 is 0 Å². The highest BCUT2D eigenvalue weighted by atomic mass is 16.2. The Hall–Kier alpha value is -4.50. The number of likely N-dealkylation sites (N-methyl/N-ethyl adjacent to an activating group) is 2. The number of aromatic nitrogens is 2. The number of piperidine rings is 1. The van der Waals surface area contributed by atoms with Gasteiger partial charge in [0.15, 0.2) is 5.82 Å². The smallest absolute Gasteiger partial charge is 0.251 e. The molecular formula is C36H43N7O2. The molecule has 2 fully saturated rings. The second-order valence-corrected chi connectivity index (χ2v) is 13.4. The maximum absolute atomic E-state index is 13.1. The summed E-state index contributed by atoms with van der Waals surface area (Å²) in [5.74, 6) is 1.59. The number of nitrogens with one attached hydrogen (secondary N) is 2. The van der Waals surface area contributed by atoms with Gasteiger partial charge in [-0.3, -0.25) is 19.5 Å². The summed E-state index contributed by atoms with van der Waals surface area (Å²) in [4.78, 5) is 41.8. The van der Waals surface area contributed by atoms with E-state index in [4.69, 9.17) is 4.98 Å². The van der Waals surface area contributed by atoms with Crippen LogP contribution in [0.15, 0.2) is 72.9 Å². The third-order valence-electron chi connectivity index (χ3n) is 9.00. The molecule has 2 aromatic heterocycles. The van der Waals surface area contributed by atoms with Crippen molar-refractivity contribution in [3.05, 3.63) is 89.6 Å². The maximum Gasteiger partial charge on any atom is 0.251 e. The maximum atomic E-state index is 13.1. The standard InChI is InChI=1S/C36H43N7O2/c1-36(2,3)27-14-10-25(11-15-27)34(44)39-29-9-7-19-43(23-29)30-22-26-8-6-18-37-31(26)33(40-30)38-28-16-12-24(13-17-28)32-35(45)42(5)21-20-41(32)4/h6,8,10-18,22,29,32H,7,9,19-21,23H2,1-5H3,(H,38,40)(H,39,44). The average Bonchev–Trinajstić information content (AvgIpc) is 3.03. The summed E-state index contributed by atoms with van der Waals surface area (Å²) in [6.07, 6.45) is 3.65. The number of pyridine rings is 2. The van der Waals surface area contributed by atoms with Gasteiger partial charge in [0.1, 0.15) is 17.4 Å². The highest BCUT2D eigenvalue weighted by Crippen LogP contribution is 2.31. The van der Waals surface area contributed by atoms with Crippen LogP contribution in [0, 0.1) is 0 Å². The molecule has 9 heteroatoms. The molecule has 234 valence electrons. The van der Waals surface area contributed by atoms with Crippen LogP contribution in [0.2, 0.25) is 0 Å². The minimum atomic E-state index is -0.280. The molecule has 4 aromatic rings. The Morgan fingerprint density at radius 2 is 1.71 bits per heavy atom. The monoisotopic (exact) mass is 605 g/mol. The fraction of sp³-hybridized carbons (Fsp3) is 0.389. The Bertz CT molecular complexity index is 1680. The second-order valence-electron chi connectivity index (χ2n) is 13.4. The summed E-state index contributed by atoms with van der Waals surface area (Å²) in [6, 6.07) is 21.7. The van der Waals surface area contributed by atoms with Crippen molar-refractivity contribution in [2.45, 2.75) is 51.1 Å². The van der Waals surface area contributed by atoms with E-state index >= 15 is 0 Å². The van der Waals surface area contributed by atoms with E-state index in [1.807, 2.05) is 74.8 Å². The number of fused-ring (bicyclic) bond motifs is 1. The van der Waals surface area contributed by atoms with Gasteiger partial charge in [-0.2, -0.15) is 0 Å². The molecule has 0 aliphatic carbocycles. The second kappa shape index (κ2) is 12.5. The van der Waals surface area contributed by atoms with Gasteiger partial charge in [-0.15, -0.1) is 0 Å². The van der Waals surface area contributed by atoms with Crippen molar-refractivity contribution in [2.24, 2.45) is 0 Å². The van der Waals surface area contributed by atoms with Crippen LogP contribution in [0.4, 0.5) is 17.3 Å². The van der Waals surface area contributed by atoms with E-state index in [0.717, 1.165) is 60.4 Å². The number of benzene rings is 2. The molecule has 9 nitrogen and oxygen atoms in total. The number of amides is 2.